The molecule has 0 unspecified atom stereocenters. The Kier molecular flexibility index (Phi) is 51.2. The summed E-state index contributed by atoms with van der Waals surface area (Å²) in [4.78, 5) is 158. The van der Waals surface area contributed by atoms with Gasteiger partial charge in [0.2, 0.25) is 0 Å². The van der Waals surface area contributed by atoms with E-state index >= 15 is 0 Å². The monoisotopic (exact) mass is 1380 g/mol. The number of benzene rings is 1. The predicted molar refractivity (Wildman–Crippen MR) is 353 cm³/mol. The van der Waals surface area contributed by atoms with Crippen molar-refractivity contribution >= 4 is 84.7 Å². The molecule has 1 rings (SSSR count). The zero-order chi connectivity index (χ0) is 74.2. The van der Waals surface area contributed by atoms with Crippen molar-refractivity contribution in [1.29, 1.82) is 0 Å². The van der Waals surface area contributed by atoms with Gasteiger partial charge in [0.15, 0.2) is 0 Å². The zero-order valence-electron chi connectivity index (χ0n) is 60.1. The van der Waals surface area contributed by atoms with Crippen molar-refractivity contribution in [2.75, 3.05) is 0 Å². The van der Waals surface area contributed by atoms with Crippen LogP contribution >= 0.6 is 12.4 Å². The maximum absolute atomic E-state index is 12.9. The van der Waals surface area contributed by atoms with Gasteiger partial charge in [-0.25, -0.2) is 19.2 Å². The van der Waals surface area contributed by atoms with E-state index in [2.05, 4.69) is 42.0 Å². The summed E-state index contributed by atoms with van der Waals surface area (Å²) in [6, 6.07) is 5.11. The lowest BCUT2D eigenvalue weighted by Gasteiger charge is -2.32. The molecule has 0 heterocycles. The SMILES string of the molecule is C.CC(C)(C)OC(=O)CC[C@H](N)C(C)(C)C.CC(C)(C)OC(=O)CC[C@H](NC(=O)N[C@@H](CCC(=O)O)C(=O)OC(C)(C)C)C(C)(C)C.CC(C)(C)OC(=O)CC[C@H](NC(=O)N[C@@H](CCC(=O)OCc1ccccc1)C(=O)OC(C)(C)C)C(C)(C)C.Cl.O=C=O.O=C=O.O=C=O. The van der Waals surface area contributed by atoms with Crippen molar-refractivity contribution in [3.8, 4) is 0 Å². The van der Waals surface area contributed by atoms with Crippen LogP contribution < -0.4 is 27.0 Å². The van der Waals surface area contributed by atoms with Gasteiger partial charge in [-0.1, -0.05) is 100 Å². The average molecular weight is 1380 g/mol. The molecule has 0 fully saturated rings. The number of hydrogen-bond acceptors (Lipinski definition) is 22. The highest BCUT2D eigenvalue weighted by Gasteiger charge is 2.34. The molecule has 0 aliphatic heterocycles. The first-order valence-electron chi connectivity index (χ1n) is 30.3. The average Bonchev–Trinajstić information content (AvgIpc) is 0.889. The molecular formula is C67H116ClN5O22. The number of nitrogens with two attached hydrogens (primary N) is 1. The van der Waals surface area contributed by atoms with Gasteiger partial charge in [-0.2, -0.15) is 28.8 Å². The first-order valence-corrected chi connectivity index (χ1v) is 30.3. The molecule has 5 atom stereocenters. The molecule has 27 nitrogen and oxygen atoms in total. The lowest BCUT2D eigenvalue weighted by atomic mass is 9.84. The number of ether oxygens (including phenoxy) is 6. The highest BCUT2D eigenvalue weighted by molar-refractivity contribution is 5.86. The van der Waals surface area contributed by atoms with Gasteiger partial charge in [-0.15, -0.1) is 12.4 Å². The third-order valence-electron chi connectivity index (χ3n) is 11.5. The van der Waals surface area contributed by atoms with E-state index in [4.69, 9.17) is 68.0 Å². The minimum absolute atomic E-state index is 0. The second-order valence-electron chi connectivity index (χ2n) is 29.5. The van der Waals surface area contributed by atoms with E-state index in [9.17, 15) is 43.2 Å². The number of nitrogens with one attached hydrogen (secondary N) is 4. The highest BCUT2D eigenvalue weighted by Crippen LogP contribution is 2.26. The Balaban J connectivity index is -0.000000242. The van der Waals surface area contributed by atoms with Crippen LogP contribution in [0.5, 0.6) is 0 Å². The summed E-state index contributed by atoms with van der Waals surface area (Å²) in [5, 5.41) is 19.8. The fraction of sp³-hybridized carbons (Fsp3) is 0.731. The lowest BCUT2D eigenvalue weighted by Crippen LogP contribution is -2.53. The topological polar surface area (TPSA) is 406 Å². The van der Waals surface area contributed by atoms with Crippen LogP contribution in [0.3, 0.4) is 0 Å². The van der Waals surface area contributed by atoms with Crippen LogP contribution in [0.15, 0.2) is 30.3 Å². The van der Waals surface area contributed by atoms with Crippen LogP contribution in [0.4, 0.5) is 9.59 Å². The Morgan fingerprint density at radius 3 is 0.947 bits per heavy atom. The molecule has 0 saturated heterocycles. The molecule has 1 aromatic carbocycles. The van der Waals surface area contributed by atoms with Crippen molar-refractivity contribution in [2.24, 2.45) is 22.0 Å². The second-order valence-corrected chi connectivity index (χ2v) is 29.5. The van der Waals surface area contributed by atoms with E-state index in [1.807, 2.05) is 92.6 Å². The van der Waals surface area contributed by atoms with Crippen LogP contribution in [0.1, 0.15) is 243 Å². The fourth-order valence-corrected chi connectivity index (χ4v) is 7.15. The first-order chi connectivity index (χ1) is 41.9. The Bertz CT molecular complexity index is 2510. The molecule has 4 amide bonds. The minimum atomic E-state index is -1.11. The smallest absolute Gasteiger partial charge is 0.373 e. The Morgan fingerprint density at radius 2 is 0.684 bits per heavy atom. The molecule has 0 aliphatic rings. The van der Waals surface area contributed by atoms with Crippen LogP contribution in [0.25, 0.3) is 0 Å². The van der Waals surface area contributed by atoms with Crippen LogP contribution in [0, 0.1) is 16.2 Å². The molecule has 0 spiro atoms. The number of halogens is 1. The molecule has 0 radical (unpaired) electrons. The summed E-state index contributed by atoms with van der Waals surface area (Å²) in [5.41, 5.74) is 2.96. The molecule has 0 aromatic heterocycles. The van der Waals surface area contributed by atoms with Crippen molar-refractivity contribution in [3.63, 3.8) is 0 Å². The summed E-state index contributed by atoms with van der Waals surface area (Å²) in [6.45, 7) is 44.5. The van der Waals surface area contributed by atoms with Gasteiger partial charge in [0.05, 0.1) is 0 Å². The van der Waals surface area contributed by atoms with Gasteiger partial charge in [-0.3, -0.25) is 24.0 Å². The third-order valence-corrected chi connectivity index (χ3v) is 11.5. The number of esters is 6. The van der Waals surface area contributed by atoms with E-state index in [0.717, 1.165) is 5.56 Å². The molecule has 28 heteroatoms. The van der Waals surface area contributed by atoms with Crippen molar-refractivity contribution in [1.82, 2.24) is 21.3 Å². The molecule has 548 valence electrons. The van der Waals surface area contributed by atoms with Gasteiger partial charge < -0.3 is 60.5 Å². The van der Waals surface area contributed by atoms with Crippen LogP contribution in [0.2, 0.25) is 0 Å². The number of aliphatic carboxylic acids is 1. The van der Waals surface area contributed by atoms with E-state index < -0.39 is 82.1 Å². The maximum atomic E-state index is 12.9. The highest BCUT2D eigenvalue weighted by atomic mass is 35.5. The molecule has 95 heavy (non-hydrogen) atoms. The summed E-state index contributed by atoms with van der Waals surface area (Å²) in [5.74, 6) is -3.81. The summed E-state index contributed by atoms with van der Waals surface area (Å²) in [6.07, 6.45) is 2.30. The van der Waals surface area contributed by atoms with Crippen molar-refractivity contribution < 1.29 is 105 Å². The van der Waals surface area contributed by atoms with E-state index in [1.54, 1.807) is 83.1 Å². The molecule has 1 aromatic rings. The van der Waals surface area contributed by atoms with Crippen molar-refractivity contribution in [2.45, 2.75) is 303 Å². The van der Waals surface area contributed by atoms with Crippen LogP contribution in [-0.4, -0.2) is 136 Å². The minimum Gasteiger partial charge on any atom is -0.481 e. The van der Waals surface area contributed by atoms with Gasteiger partial charge in [-0.05, 0) is 158 Å². The van der Waals surface area contributed by atoms with E-state index in [1.165, 1.54) is 0 Å². The van der Waals surface area contributed by atoms with Gasteiger partial charge in [0.1, 0.15) is 46.7 Å². The molecule has 0 saturated carbocycles. The van der Waals surface area contributed by atoms with E-state index in [-0.39, 0.29) is 130 Å². The zero-order valence-corrected chi connectivity index (χ0v) is 60.9. The number of hydrogen-bond donors (Lipinski definition) is 6. The normalized spacial score (nSPS) is 12.7. The number of carboxylic acid groups (broad SMARTS) is 1. The molecular weight excluding hydrogens is 1260 g/mol. The number of amides is 4. The molecule has 0 bridgehead atoms. The molecule has 7 N–H and O–H groups in total. The van der Waals surface area contributed by atoms with Gasteiger partial charge in [0, 0.05) is 50.2 Å². The Morgan fingerprint density at radius 1 is 0.411 bits per heavy atom. The largest absolute Gasteiger partial charge is 0.481 e. The van der Waals surface area contributed by atoms with Crippen molar-refractivity contribution in [3.05, 3.63) is 35.9 Å². The maximum Gasteiger partial charge on any atom is 0.373 e. The summed E-state index contributed by atoms with van der Waals surface area (Å²) >= 11 is 0. The predicted octanol–water partition coefficient (Wildman–Crippen LogP) is 10.2. The standard InChI is InChI=1S/C29H46N2O7.C22H40N2O7.C12H25NO2.3CO2.CH4.ClH/c1-27(2,3)22(16-18-24(33)37-28(4,5)6)31-26(35)30-21(25(34)38-29(7,8)9)15-17-23(32)36-19-20-13-11-10-12-14-20;1-20(2,3)15(11-13-17(27)30-21(4,5)6)24-19(29)23-14(10-12-16(25)26)18(28)31-22(7,8)9;1-11(2,3)9(13)7-8-10(14)15-12(4,5)6;3*2-1-3;;/h10-14,21-22H,15-19H2,1-9H3,(H2,30,31,35);14-15H,10-13H2,1-9H3,(H,25,26)(H2,23,24,29);9H,7-8,13H2,1-6H3;;;;1H4;1H/t21-,22-;14-,15-;9-;;;;;/m000...../s1. The number of rotatable bonds is 23. The lowest BCUT2D eigenvalue weighted by molar-refractivity contribution is -0.193. The second kappa shape index (κ2) is 48.2. The van der Waals surface area contributed by atoms with E-state index in [0.29, 0.717) is 25.7 Å². The number of carbonyl (C=O) groups is 9. The van der Waals surface area contributed by atoms with Crippen LogP contribution in [-0.2, 0) is 97.4 Å². The Hall–Kier alpha value is -7.56. The fourth-order valence-electron chi connectivity index (χ4n) is 7.15. The summed E-state index contributed by atoms with van der Waals surface area (Å²) in [7, 11) is 0. The first kappa shape index (κ1) is 101. The summed E-state index contributed by atoms with van der Waals surface area (Å²) < 4.78 is 32.0. The molecule has 0 aliphatic carbocycles. The number of carbonyl (C=O) groups excluding carboxylic acids is 14. The Labute approximate surface area is 569 Å². The van der Waals surface area contributed by atoms with Gasteiger partial charge >= 0.3 is 72.3 Å². The quantitative estimate of drug-likeness (QED) is 0.0438. The van der Waals surface area contributed by atoms with Gasteiger partial charge in [0.25, 0.3) is 0 Å². The number of carboxylic acids is 1. The number of urea groups is 2. The third kappa shape index (κ3) is 64.9.